The van der Waals surface area contributed by atoms with Crippen molar-refractivity contribution in [3.05, 3.63) is 29.8 Å². The molecule has 0 aliphatic carbocycles. The van der Waals surface area contributed by atoms with E-state index >= 15 is 0 Å². The molecule has 1 amide bonds. The second-order valence-electron chi connectivity index (χ2n) is 8.78. The standard InChI is InChI=1S/C22H34N4O3S/c1-22(2,26-15-9-4-10-16-26)17-24-20(27)13-5-3-8-14-23-21-18-11-6-7-12-19(18)30(28,29)25-21/h6-7,11-12H,3-5,8-10,13-17H2,1-2H3,(H,23,25)(H,24,27). The van der Waals surface area contributed by atoms with Gasteiger partial charge in [0.05, 0.1) is 4.90 Å². The molecule has 0 spiro atoms. The average Bonchev–Trinajstić information content (AvgIpc) is 3.00. The van der Waals surface area contributed by atoms with Crippen molar-refractivity contribution in [3.63, 3.8) is 0 Å². The van der Waals surface area contributed by atoms with E-state index in [9.17, 15) is 13.2 Å². The molecule has 0 aromatic heterocycles. The molecule has 0 unspecified atom stereocenters. The zero-order valence-electron chi connectivity index (χ0n) is 18.1. The highest BCUT2D eigenvalue weighted by atomic mass is 32.2. The van der Waals surface area contributed by atoms with E-state index in [-0.39, 0.29) is 16.3 Å². The molecule has 166 valence electrons. The second kappa shape index (κ2) is 9.92. The van der Waals surface area contributed by atoms with Gasteiger partial charge in [-0.05, 0) is 64.8 Å². The number of rotatable bonds is 9. The van der Waals surface area contributed by atoms with E-state index in [1.54, 1.807) is 18.2 Å². The lowest BCUT2D eigenvalue weighted by molar-refractivity contribution is -0.121. The normalized spacial score (nSPS) is 20.0. The van der Waals surface area contributed by atoms with Gasteiger partial charge in [-0.15, -0.1) is 0 Å². The maximum atomic E-state index is 12.2. The Morgan fingerprint density at radius 3 is 2.63 bits per heavy atom. The van der Waals surface area contributed by atoms with Crippen molar-refractivity contribution in [3.8, 4) is 0 Å². The molecule has 2 heterocycles. The first-order chi connectivity index (χ1) is 14.3. The summed E-state index contributed by atoms with van der Waals surface area (Å²) in [5.74, 6) is 0.521. The molecule has 1 aromatic rings. The van der Waals surface area contributed by atoms with Crippen molar-refractivity contribution >= 4 is 21.8 Å². The van der Waals surface area contributed by atoms with Gasteiger partial charge in [-0.25, -0.2) is 8.42 Å². The van der Waals surface area contributed by atoms with Crippen LogP contribution in [0.5, 0.6) is 0 Å². The van der Waals surface area contributed by atoms with Gasteiger partial charge in [-0.2, -0.15) is 0 Å². The fourth-order valence-electron chi connectivity index (χ4n) is 4.03. The number of likely N-dealkylation sites (tertiary alicyclic amines) is 1. The number of nitrogens with zero attached hydrogens (tertiary/aromatic N) is 2. The lowest BCUT2D eigenvalue weighted by Gasteiger charge is -2.41. The number of carbonyl (C=O) groups excluding carboxylic acids is 1. The molecule has 1 aromatic carbocycles. The second-order valence-corrected chi connectivity index (χ2v) is 10.4. The lowest BCUT2D eigenvalue weighted by atomic mass is 9.98. The summed E-state index contributed by atoms with van der Waals surface area (Å²) in [6.07, 6.45) is 6.82. The summed E-state index contributed by atoms with van der Waals surface area (Å²) in [6.45, 7) is 7.85. The first kappa shape index (κ1) is 22.7. The number of hydrogen-bond acceptors (Lipinski definition) is 5. The maximum absolute atomic E-state index is 12.2. The first-order valence-corrected chi connectivity index (χ1v) is 12.5. The van der Waals surface area contributed by atoms with Crippen LogP contribution in [0.15, 0.2) is 34.2 Å². The number of sulfonamides is 1. The zero-order chi connectivity index (χ0) is 21.6. The van der Waals surface area contributed by atoms with Crippen LogP contribution in [-0.4, -0.2) is 56.8 Å². The van der Waals surface area contributed by atoms with Crippen molar-refractivity contribution in [2.24, 2.45) is 4.99 Å². The minimum atomic E-state index is -3.48. The van der Waals surface area contributed by atoms with Crippen LogP contribution < -0.4 is 10.0 Å². The van der Waals surface area contributed by atoms with E-state index in [4.69, 9.17) is 0 Å². The number of amidine groups is 1. The molecule has 0 bridgehead atoms. The quantitative estimate of drug-likeness (QED) is 0.585. The Morgan fingerprint density at radius 1 is 1.13 bits per heavy atom. The van der Waals surface area contributed by atoms with Crippen LogP contribution in [0.4, 0.5) is 0 Å². The Balaban J connectivity index is 1.34. The number of piperidine rings is 1. The van der Waals surface area contributed by atoms with Gasteiger partial charge in [0.25, 0.3) is 10.0 Å². The number of amides is 1. The molecule has 7 nitrogen and oxygen atoms in total. The molecule has 0 saturated carbocycles. The van der Waals surface area contributed by atoms with E-state index in [0.29, 0.717) is 30.9 Å². The zero-order valence-corrected chi connectivity index (χ0v) is 18.9. The van der Waals surface area contributed by atoms with E-state index in [1.807, 2.05) is 6.07 Å². The van der Waals surface area contributed by atoms with Crippen molar-refractivity contribution in [2.45, 2.75) is 69.2 Å². The van der Waals surface area contributed by atoms with Crippen LogP contribution in [0.3, 0.4) is 0 Å². The van der Waals surface area contributed by atoms with Crippen LogP contribution in [0.1, 0.15) is 64.4 Å². The van der Waals surface area contributed by atoms with E-state index in [0.717, 1.165) is 32.4 Å². The number of aliphatic imine (C=N–C) groups is 1. The van der Waals surface area contributed by atoms with Crippen molar-refractivity contribution in [1.82, 2.24) is 14.9 Å². The molecule has 0 radical (unpaired) electrons. The van der Waals surface area contributed by atoms with Gasteiger partial charge < -0.3 is 5.32 Å². The molecule has 2 aliphatic heterocycles. The van der Waals surface area contributed by atoms with E-state index in [2.05, 4.69) is 33.8 Å². The molecular formula is C22H34N4O3S. The number of benzene rings is 1. The molecule has 30 heavy (non-hydrogen) atoms. The van der Waals surface area contributed by atoms with Crippen LogP contribution >= 0.6 is 0 Å². The van der Waals surface area contributed by atoms with Crippen LogP contribution in [0, 0.1) is 0 Å². The number of nitrogens with one attached hydrogen (secondary N) is 2. The third-order valence-corrected chi connectivity index (χ3v) is 7.32. The Bertz CT molecular complexity index is 874. The minimum Gasteiger partial charge on any atom is -0.354 e. The Hall–Kier alpha value is -1.93. The minimum absolute atomic E-state index is 0.00288. The summed E-state index contributed by atoms with van der Waals surface area (Å²) in [6, 6.07) is 6.87. The monoisotopic (exact) mass is 434 g/mol. The number of hydrogen-bond donors (Lipinski definition) is 2. The summed E-state index contributed by atoms with van der Waals surface area (Å²) >= 11 is 0. The summed E-state index contributed by atoms with van der Waals surface area (Å²) in [4.78, 5) is 19.4. The molecule has 8 heteroatoms. The predicted molar refractivity (Wildman–Crippen MR) is 119 cm³/mol. The largest absolute Gasteiger partial charge is 0.354 e. The summed E-state index contributed by atoms with van der Waals surface area (Å²) in [5, 5.41) is 3.09. The Kier molecular flexibility index (Phi) is 7.52. The third kappa shape index (κ3) is 5.82. The van der Waals surface area contributed by atoms with Gasteiger partial charge >= 0.3 is 0 Å². The van der Waals surface area contributed by atoms with Gasteiger partial charge in [-0.1, -0.05) is 25.0 Å². The highest BCUT2D eigenvalue weighted by molar-refractivity contribution is 7.90. The van der Waals surface area contributed by atoms with Crippen molar-refractivity contribution in [2.75, 3.05) is 26.2 Å². The molecule has 0 atom stereocenters. The van der Waals surface area contributed by atoms with E-state index in [1.165, 1.54) is 19.3 Å². The molecule has 1 fully saturated rings. The summed E-state index contributed by atoms with van der Waals surface area (Å²) in [7, 11) is -3.48. The summed E-state index contributed by atoms with van der Waals surface area (Å²) < 4.78 is 26.7. The van der Waals surface area contributed by atoms with Crippen molar-refractivity contribution < 1.29 is 13.2 Å². The summed E-state index contributed by atoms with van der Waals surface area (Å²) in [5.41, 5.74) is 0.630. The SMILES string of the molecule is CC(C)(CNC(=O)CCCCCN=C1NS(=O)(=O)c2ccccc21)N1CCCCC1. The number of unbranched alkanes of at least 4 members (excludes halogenated alkanes) is 2. The highest BCUT2D eigenvalue weighted by Gasteiger charge is 2.30. The van der Waals surface area contributed by atoms with Crippen LogP contribution in [0.2, 0.25) is 0 Å². The molecule has 1 saturated heterocycles. The first-order valence-electron chi connectivity index (χ1n) is 11.0. The number of fused-ring (bicyclic) bond motifs is 1. The Labute approximate surface area is 180 Å². The molecule has 3 rings (SSSR count). The average molecular weight is 435 g/mol. The van der Waals surface area contributed by atoms with Gasteiger partial charge in [0.15, 0.2) is 0 Å². The smallest absolute Gasteiger partial charge is 0.263 e. The fourth-order valence-corrected chi connectivity index (χ4v) is 5.28. The van der Waals surface area contributed by atoms with Crippen LogP contribution in [-0.2, 0) is 14.8 Å². The van der Waals surface area contributed by atoms with Crippen LogP contribution in [0.25, 0.3) is 0 Å². The van der Waals surface area contributed by atoms with E-state index < -0.39 is 10.0 Å². The van der Waals surface area contributed by atoms with Crippen molar-refractivity contribution in [1.29, 1.82) is 0 Å². The molecule has 2 N–H and O–H groups in total. The van der Waals surface area contributed by atoms with Gasteiger partial charge in [0, 0.05) is 30.6 Å². The maximum Gasteiger partial charge on any atom is 0.263 e. The lowest BCUT2D eigenvalue weighted by Crippen LogP contribution is -2.53. The Morgan fingerprint density at radius 2 is 1.87 bits per heavy atom. The molecule has 2 aliphatic rings. The van der Waals surface area contributed by atoms with Gasteiger partial charge in [0.1, 0.15) is 5.84 Å². The van der Waals surface area contributed by atoms with Gasteiger partial charge in [-0.3, -0.25) is 19.4 Å². The predicted octanol–water partition coefficient (Wildman–Crippen LogP) is 2.67. The number of carbonyl (C=O) groups is 1. The highest BCUT2D eigenvalue weighted by Crippen LogP contribution is 2.22. The molecular weight excluding hydrogens is 400 g/mol. The fraction of sp³-hybridized carbons (Fsp3) is 0.636. The van der Waals surface area contributed by atoms with Gasteiger partial charge in [0.2, 0.25) is 5.91 Å². The topological polar surface area (TPSA) is 90.9 Å². The third-order valence-electron chi connectivity index (χ3n) is 5.92.